The van der Waals surface area contributed by atoms with Gasteiger partial charge < -0.3 is 9.80 Å². The second kappa shape index (κ2) is 3.72. The fourth-order valence-electron chi connectivity index (χ4n) is 1.27. The molecule has 11 heavy (non-hydrogen) atoms. The summed E-state index contributed by atoms with van der Waals surface area (Å²) < 4.78 is 0. The smallest absolute Gasteiger partial charge is 0.0954 e. The molecule has 3 heteroatoms. The molecule has 1 aliphatic rings. The van der Waals surface area contributed by atoms with Gasteiger partial charge in [0.05, 0.1) is 5.84 Å². The Morgan fingerprint density at radius 2 is 1.73 bits per heavy atom. The number of nitrogens with zero attached hydrogens (tertiary/aromatic N) is 3. The lowest BCUT2D eigenvalue weighted by Crippen LogP contribution is -2.46. The van der Waals surface area contributed by atoms with Crippen LogP contribution >= 0.6 is 0 Å². The van der Waals surface area contributed by atoms with E-state index in [1.54, 1.807) is 0 Å². The van der Waals surface area contributed by atoms with Gasteiger partial charge in [0.1, 0.15) is 0 Å². The van der Waals surface area contributed by atoms with Crippen LogP contribution in [0.4, 0.5) is 0 Å². The number of aliphatic imine (C=N–C) groups is 1. The van der Waals surface area contributed by atoms with E-state index >= 15 is 0 Å². The minimum absolute atomic E-state index is 1.12. The van der Waals surface area contributed by atoms with Crippen LogP contribution < -0.4 is 0 Å². The van der Waals surface area contributed by atoms with Crippen LogP contribution in [0, 0.1) is 0 Å². The van der Waals surface area contributed by atoms with E-state index < -0.39 is 0 Å². The summed E-state index contributed by atoms with van der Waals surface area (Å²) in [6.07, 6.45) is 0. The van der Waals surface area contributed by atoms with E-state index in [-0.39, 0.29) is 0 Å². The van der Waals surface area contributed by atoms with Crippen molar-refractivity contribution in [2.24, 2.45) is 4.99 Å². The van der Waals surface area contributed by atoms with Gasteiger partial charge in [0.15, 0.2) is 0 Å². The molecular formula is C8H17N3. The average Bonchev–Trinajstić information content (AvgIpc) is 2.05. The van der Waals surface area contributed by atoms with E-state index in [4.69, 9.17) is 0 Å². The lowest BCUT2D eigenvalue weighted by molar-refractivity contribution is 0.214. The highest BCUT2D eigenvalue weighted by molar-refractivity contribution is 5.79. The second-order valence-electron chi connectivity index (χ2n) is 3.06. The molecule has 1 heterocycles. The van der Waals surface area contributed by atoms with Gasteiger partial charge in [-0.05, 0) is 14.0 Å². The van der Waals surface area contributed by atoms with Crippen LogP contribution in [-0.4, -0.2) is 55.9 Å². The van der Waals surface area contributed by atoms with Crippen LogP contribution in [0.5, 0.6) is 0 Å². The molecule has 1 aliphatic heterocycles. The van der Waals surface area contributed by atoms with E-state index in [0.29, 0.717) is 0 Å². The molecule has 0 spiro atoms. The van der Waals surface area contributed by atoms with Gasteiger partial charge in [-0.15, -0.1) is 0 Å². The monoisotopic (exact) mass is 155 g/mol. The maximum atomic E-state index is 4.16. The van der Waals surface area contributed by atoms with E-state index in [0.717, 1.165) is 32.0 Å². The van der Waals surface area contributed by atoms with Crippen LogP contribution in [0.3, 0.4) is 0 Å². The lowest BCUT2D eigenvalue weighted by atomic mass is 10.3. The molecule has 0 atom stereocenters. The topological polar surface area (TPSA) is 18.8 Å². The van der Waals surface area contributed by atoms with Gasteiger partial charge in [-0.2, -0.15) is 0 Å². The molecule has 0 aromatic rings. The molecule has 0 saturated carbocycles. The highest BCUT2D eigenvalue weighted by atomic mass is 15.3. The molecule has 0 bridgehead atoms. The van der Waals surface area contributed by atoms with Crippen molar-refractivity contribution in [1.82, 2.24) is 9.80 Å². The van der Waals surface area contributed by atoms with Crippen molar-refractivity contribution in [3.05, 3.63) is 0 Å². The van der Waals surface area contributed by atoms with Crippen molar-refractivity contribution in [1.29, 1.82) is 0 Å². The first-order chi connectivity index (χ1) is 5.24. The van der Waals surface area contributed by atoms with Gasteiger partial charge in [0.25, 0.3) is 0 Å². The Kier molecular flexibility index (Phi) is 2.88. The van der Waals surface area contributed by atoms with Gasteiger partial charge in [-0.25, -0.2) is 0 Å². The largest absolute Gasteiger partial charge is 0.358 e. The molecule has 0 unspecified atom stereocenters. The summed E-state index contributed by atoms with van der Waals surface area (Å²) in [5, 5.41) is 0. The molecule has 0 N–H and O–H groups in total. The number of amidine groups is 1. The van der Waals surface area contributed by atoms with Crippen molar-refractivity contribution < 1.29 is 0 Å². The van der Waals surface area contributed by atoms with Crippen LogP contribution in [-0.2, 0) is 0 Å². The third-order valence-corrected chi connectivity index (χ3v) is 2.28. The van der Waals surface area contributed by atoms with Gasteiger partial charge in [-0.1, -0.05) is 0 Å². The quantitative estimate of drug-likeness (QED) is 0.370. The third-order valence-electron chi connectivity index (χ3n) is 2.28. The minimum atomic E-state index is 1.12. The molecule has 0 aliphatic carbocycles. The molecule has 3 nitrogen and oxygen atoms in total. The Bertz CT molecular complexity index is 145. The number of rotatable bonds is 0. The van der Waals surface area contributed by atoms with Crippen molar-refractivity contribution in [2.75, 3.05) is 40.3 Å². The summed E-state index contributed by atoms with van der Waals surface area (Å²) in [5.74, 6) is 1.16. The van der Waals surface area contributed by atoms with Gasteiger partial charge >= 0.3 is 0 Å². The number of hydrogen-bond donors (Lipinski definition) is 0. The van der Waals surface area contributed by atoms with Crippen molar-refractivity contribution in [2.45, 2.75) is 6.92 Å². The van der Waals surface area contributed by atoms with Crippen molar-refractivity contribution in [3.63, 3.8) is 0 Å². The average molecular weight is 155 g/mol. The summed E-state index contributed by atoms with van der Waals surface area (Å²) >= 11 is 0. The van der Waals surface area contributed by atoms with E-state index in [2.05, 4.69) is 28.8 Å². The molecule has 1 fully saturated rings. The van der Waals surface area contributed by atoms with Crippen LogP contribution in [0.2, 0.25) is 0 Å². The molecular weight excluding hydrogens is 138 g/mol. The molecule has 0 radical (unpaired) electrons. The lowest BCUT2D eigenvalue weighted by Gasteiger charge is -2.33. The van der Waals surface area contributed by atoms with Crippen LogP contribution in [0.15, 0.2) is 4.99 Å². The molecule has 0 aromatic carbocycles. The standard InChI is InChI=1S/C8H17N3/c1-8(9-2)11-6-4-10(3)5-7-11/h4-7H2,1-3H3/b9-8+. The van der Waals surface area contributed by atoms with Crippen LogP contribution in [0.1, 0.15) is 6.92 Å². The van der Waals surface area contributed by atoms with Crippen molar-refractivity contribution in [3.8, 4) is 0 Å². The van der Waals surface area contributed by atoms with E-state index in [1.807, 2.05) is 7.05 Å². The summed E-state index contributed by atoms with van der Waals surface area (Å²) in [6.45, 7) is 6.64. The van der Waals surface area contributed by atoms with Gasteiger partial charge in [0, 0.05) is 33.2 Å². The Labute approximate surface area is 68.7 Å². The maximum Gasteiger partial charge on any atom is 0.0954 e. The first-order valence-electron chi connectivity index (χ1n) is 4.11. The number of likely N-dealkylation sites (N-methyl/N-ethyl adjacent to an activating group) is 1. The summed E-state index contributed by atoms with van der Waals surface area (Å²) in [7, 11) is 4.02. The van der Waals surface area contributed by atoms with Crippen molar-refractivity contribution >= 4 is 5.84 Å². The third kappa shape index (κ3) is 2.19. The first-order valence-corrected chi connectivity index (χ1v) is 4.11. The SMILES string of the molecule is C/N=C(\C)N1CCN(C)CC1. The normalized spacial score (nSPS) is 22.5. The number of hydrogen-bond acceptors (Lipinski definition) is 2. The Morgan fingerprint density at radius 1 is 1.18 bits per heavy atom. The van der Waals surface area contributed by atoms with E-state index in [1.165, 1.54) is 0 Å². The van der Waals surface area contributed by atoms with Gasteiger partial charge in [-0.3, -0.25) is 4.99 Å². The zero-order chi connectivity index (χ0) is 8.27. The molecule has 0 aromatic heterocycles. The Morgan fingerprint density at radius 3 is 2.18 bits per heavy atom. The van der Waals surface area contributed by atoms with Gasteiger partial charge in [0.2, 0.25) is 0 Å². The Hall–Kier alpha value is -0.570. The zero-order valence-corrected chi connectivity index (χ0v) is 7.67. The predicted octanol–water partition coefficient (Wildman–Crippen LogP) is 0.282. The fraction of sp³-hybridized carbons (Fsp3) is 0.875. The minimum Gasteiger partial charge on any atom is -0.358 e. The molecule has 0 amide bonds. The summed E-state index contributed by atoms with van der Waals surface area (Å²) in [5.41, 5.74) is 0. The predicted molar refractivity (Wildman–Crippen MR) is 48.1 cm³/mol. The molecule has 1 rings (SSSR count). The molecule has 1 saturated heterocycles. The number of piperazine rings is 1. The zero-order valence-electron chi connectivity index (χ0n) is 7.67. The van der Waals surface area contributed by atoms with Crippen LogP contribution in [0.25, 0.3) is 0 Å². The Balaban J connectivity index is 2.39. The highest BCUT2D eigenvalue weighted by Crippen LogP contribution is 1.99. The van der Waals surface area contributed by atoms with E-state index in [9.17, 15) is 0 Å². The summed E-state index contributed by atoms with van der Waals surface area (Å²) in [4.78, 5) is 8.84. The second-order valence-corrected chi connectivity index (χ2v) is 3.06. The first kappa shape index (κ1) is 8.53. The molecule has 64 valence electrons. The highest BCUT2D eigenvalue weighted by Gasteiger charge is 2.13. The summed E-state index contributed by atoms with van der Waals surface area (Å²) in [6, 6.07) is 0. The maximum absolute atomic E-state index is 4.16. The fourth-order valence-corrected chi connectivity index (χ4v) is 1.27.